The molecule has 0 unspecified atom stereocenters. The molecule has 0 aliphatic rings. The van der Waals surface area contributed by atoms with E-state index in [1.807, 2.05) is 41.8 Å². The lowest BCUT2D eigenvalue weighted by Crippen LogP contribution is -2.22. The zero-order valence-electron chi connectivity index (χ0n) is 15.7. The maximum absolute atomic E-state index is 12.5. The van der Waals surface area contributed by atoms with E-state index in [0.29, 0.717) is 12.1 Å². The van der Waals surface area contributed by atoms with E-state index in [0.717, 1.165) is 22.0 Å². The van der Waals surface area contributed by atoms with E-state index in [1.165, 1.54) is 22.7 Å². The van der Waals surface area contributed by atoms with Crippen LogP contribution in [0.4, 0.5) is 0 Å². The van der Waals surface area contributed by atoms with Crippen molar-refractivity contribution < 1.29 is 4.79 Å². The van der Waals surface area contributed by atoms with Crippen molar-refractivity contribution in [3.63, 3.8) is 0 Å². The third-order valence-corrected chi connectivity index (χ3v) is 5.44. The Kier molecular flexibility index (Phi) is 5.04. The molecule has 5 nitrogen and oxygen atoms in total. The highest BCUT2D eigenvalue weighted by atomic mass is 32.1. The van der Waals surface area contributed by atoms with Crippen molar-refractivity contribution in [1.29, 1.82) is 0 Å². The molecule has 0 bridgehead atoms. The third-order valence-electron chi connectivity index (χ3n) is 4.59. The van der Waals surface area contributed by atoms with Crippen LogP contribution < -0.4 is 5.32 Å². The molecule has 28 heavy (non-hydrogen) atoms. The van der Waals surface area contributed by atoms with Gasteiger partial charge in [-0.05, 0) is 62.4 Å². The first-order chi connectivity index (χ1) is 13.6. The summed E-state index contributed by atoms with van der Waals surface area (Å²) in [6, 6.07) is 15.7. The minimum atomic E-state index is -0.104. The summed E-state index contributed by atoms with van der Waals surface area (Å²) in [4.78, 5) is 21.1. The van der Waals surface area contributed by atoms with Crippen molar-refractivity contribution in [3.05, 3.63) is 88.3 Å². The fourth-order valence-electron chi connectivity index (χ4n) is 3.14. The SMILES string of the molecule is Cc1ccc(C)n1-c1ccc(C(=O)NCc2nc(-c3ccncc3)cs2)cc1. The summed E-state index contributed by atoms with van der Waals surface area (Å²) in [7, 11) is 0. The molecule has 1 amide bonds. The van der Waals surface area contributed by atoms with Gasteiger partial charge in [0.2, 0.25) is 0 Å². The van der Waals surface area contributed by atoms with E-state index in [-0.39, 0.29) is 5.91 Å². The number of hydrogen-bond donors (Lipinski definition) is 1. The van der Waals surface area contributed by atoms with Gasteiger partial charge in [0.25, 0.3) is 5.91 Å². The summed E-state index contributed by atoms with van der Waals surface area (Å²) in [5.74, 6) is -0.104. The fraction of sp³-hybridized carbons (Fsp3) is 0.136. The summed E-state index contributed by atoms with van der Waals surface area (Å²) in [6.07, 6.45) is 3.49. The smallest absolute Gasteiger partial charge is 0.251 e. The highest BCUT2D eigenvalue weighted by Crippen LogP contribution is 2.21. The van der Waals surface area contributed by atoms with Crippen LogP contribution >= 0.6 is 11.3 Å². The van der Waals surface area contributed by atoms with Gasteiger partial charge in [-0.25, -0.2) is 4.98 Å². The molecule has 140 valence electrons. The van der Waals surface area contributed by atoms with Crippen molar-refractivity contribution >= 4 is 17.2 Å². The average Bonchev–Trinajstić information content (AvgIpc) is 3.33. The lowest BCUT2D eigenvalue weighted by atomic mass is 10.2. The predicted molar refractivity (Wildman–Crippen MR) is 112 cm³/mol. The Bertz CT molecular complexity index is 1080. The standard InChI is InChI=1S/C22H20N4OS/c1-15-3-4-16(2)26(15)19-7-5-18(6-8-19)22(27)24-13-21-25-20(14-28-21)17-9-11-23-12-10-17/h3-12,14H,13H2,1-2H3,(H,24,27). The number of hydrogen-bond acceptors (Lipinski definition) is 4. The molecule has 0 atom stereocenters. The third kappa shape index (κ3) is 3.73. The zero-order valence-corrected chi connectivity index (χ0v) is 16.5. The number of carbonyl (C=O) groups excluding carboxylic acids is 1. The molecule has 0 fully saturated rings. The molecule has 0 saturated carbocycles. The van der Waals surface area contributed by atoms with Crippen molar-refractivity contribution in [2.75, 3.05) is 0 Å². The van der Waals surface area contributed by atoms with Gasteiger partial charge in [0.15, 0.2) is 0 Å². The van der Waals surface area contributed by atoms with Gasteiger partial charge in [0.05, 0.1) is 12.2 Å². The predicted octanol–water partition coefficient (Wildman–Crippen LogP) is 4.54. The lowest BCUT2D eigenvalue weighted by molar-refractivity contribution is 0.0951. The monoisotopic (exact) mass is 388 g/mol. The van der Waals surface area contributed by atoms with Crippen LogP contribution in [0.1, 0.15) is 26.8 Å². The molecule has 0 aliphatic heterocycles. The number of aryl methyl sites for hydroxylation is 2. The van der Waals surface area contributed by atoms with Crippen LogP contribution in [0.3, 0.4) is 0 Å². The van der Waals surface area contributed by atoms with Crippen molar-refractivity contribution in [2.24, 2.45) is 0 Å². The maximum atomic E-state index is 12.5. The Morgan fingerprint density at radius 1 is 1.00 bits per heavy atom. The zero-order chi connectivity index (χ0) is 19.5. The first kappa shape index (κ1) is 18.1. The highest BCUT2D eigenvalue weighted by molar-refractivity contribution is 7.09. The largest absolute Gasteiger partial charge is 0.346 e. The number of thiazole rings is 1. The van der Waals surface area contributed by atoms with Gasteiger partial charge in [-0.3, -0.25) is 9.78 Å². The van der Waals surface area contributed by atoms with Gasteiger partial charge < -0.3 is 9.88 Å². The van der Waals surface area contributed by atoms with Gasteiger partial charge in [-0.2, -0.15) is 0 Å². The molecule has 0 saturated heterocycles. The van der Waals surface area contributed by atoms with Gasteiger partial charge >= 0.3 is 0 Å². The molecule has 1 aromatic carbocycles. The Morgan fingerprint density at radius 2 is 1.68 bits per heavy atom. The molecule has 0 radical (unpaired) electrons. The van der Waals surface area contributed by atoms with Crippen LogP contribution in [0, 0.1) is 13.8 Å². The molecule has 3 aromatic heterocycles. The van der Waals surface area contributed by atoms with Gasteiger partial charge in [0.1, 0.15) is 5.01 Å². The Morgan fingerprint density at radius 3 is 2.36 bits per heavy atom. The molecule has 6 heteroatoms. The van der Waals surface area contributed by atoms with E-state index >= 15 is 0 Å². The van der Waals surface area contributed by atoms with E-state index in [1.54, 1.807) is 12.4 Å². The molecular weight excluding hydrogens is 368 g/mol. The molecule has 0 spiro atoms. The van der Waals surface area contributed by atoms with Crippen molar-refractivity contribution in [1.82, 2.24) is 19.9 Å². The average molecular weight is 388 g/mol. The van der Waals surface area contributed by atoms with Crippen LogP contribution in [-0.4, -0.2) is 20.4 Å². The summed E-state index contributed by atoms with van der Waals surface area (Å²) in [5.41, 5.74) is 5.95. The minimum Gasteiger partial charge on any atom is -0.346 e. The van der Waals surface area contributed by atoms with E-state index in [2.05, 4.69) is 45.8 Å². The normalized spacial score (nSPS) is 10.8. The van der Waals surface area contributed by atoms with Crippen molar-refractivity contribution in [3.8, 4) is 16.9 Å². The van der Waals surface area contributed by atoms with Crippen LogP contribution in [0.2, 0.25) is 0 Å². The molecule has 3 heterocycles. The van der Waals surface area contributed by atoms with Crippen LogP contribution in [0.25, 0.3) is 16.9 Å². The first-order valence-electron chi connectivity index (χ1n) is 9.00. The van der Waals surface area contributed by atoms with Crippen LogP contribution in [-0.2, 0) is 6.54 Å². The molecule has 4 aromatic rings. The van der Waals surface area contributed by atoms with Crippen LogP contribution in [0.15, 0.2) is 66.3 Å². The summed E-state index contributed by atoms with van der Waals surface area (Å²) < 4.78 is 2.16. The first-order valence-corrected chi connectivity index (χ1v) is 9.88. The highest BCUT2D eigenvalue weighted by Gasteiger charge is 2.10. The quantitative estimate of drug-likeness (QED) is 0.546. The number of carbonyl (C=O) groups is 1. The fourth-order valence-corrected chi connectivity index (χ4v) is 3.89. The lowest BCUT2D eigenvalue weighted by Gasteiger charge is -2.10. The van der Waals surface area contributed by atoms with Gasteiger partial charge in [-0.15, -0.1) is 11.3 Å². The molecule has 0 aliphatic carbocycles. The van der Waals surface area contributed by atoms with Crippen molar-refractivity contribution in [2.45, 2.75) is 20.4 Å². The van der Waals surface area contributed by atoms with Gasteiger partial charge in [0, 0.05) is 46.0 Å². The maximum Gasteiger partial charge on any atom is 0.251 e. The summed E-state index contributed by atoms with van der Waals surface area (Å²) >= 11 is 1.54. The number of nitrogens with one attached hydrogen (secondary N) is 1. The van der Waals surface area contributed by atoms with E-state index in [9.17, 15) is 4.79 Å². The van der Waals surface area contributed by atoms with E-state index in [4.69, 9.17) is 0 Å². The number of benzene rings is 1. The Labute approximate surface area is 167 Å². The number of pyridine rings is 1. The topological polar surface area (TPSA) is 59.8 Å². The number of rotatable bonds is 5. The summed E-state index contributed by atoms with van der Waals surface area (Å²) in [5, 5.41) is 5.81. The van der Waals surface area contributed by atoms with E-state index < -0.39 is 0 Å². The number of nitrogens with zero attached hydrogens (tertiary/aromatic N) is 3. The molecular formula is C22H20N4OS. The second-order valence-corrected chi connectivity index (χ2v) is 7.49. The summed E-state index contributed by atoms with van der Waals surface area (Å²) in [6.45, 7) is 4.55. The molecule has 1 N–H and O–H groups in total. The second kappa shape index (κ2) is 7.78. The Hall–Kier alpha value is -3.25. The minimum absolute atomic E-state index is 0.104. The second-order valence-electron chi connectivity index (χ2n) is 6.54. The Balaban J connectivity index is 1.41. The number of amides is 1. The van der Waals surface area contributed by atoms with Gasteiger partial charge in [-0.1, -0.05) is 0 Å². The molecule has 4 rings (SSSR count). The van der Waals surface area contributed by atoms with Crippen LogP contribution in [0.5, 0.6) is 0 Å². The number of aromatic nitrogens is 3.